The number of allylic oxidation sites excluding steroid dienone is 1. The van der Waals surface area contributed by atoms with Crippen LogP contribution in [0.15, 0.2) is 12.8 Å². The van der Waals surface area contributed by atoms with Gasteiger partial charge in [-0.25, -0.2) is 9.37 Å². The minimum absolute atomic E-state index is 0.0602. The lowest BCUT2D eigenvalue weighted by atomic mass is 10.1. The highest BCUT2D eigenvalue weighted by Crippen LogP contribution is 2.26. The standard InChI is InChI=1S/C10H9FN2O/c1-6(2)7-5-13-8(4-12)10(14-3)9(7)11/h5H,1H2,2-3H3. The summed E-state index contributed by atoms with van der Waals surface area (Å²) in [5.41, 5.74) is 0.744. The van der Waals surface area contributed by atoms with Gasteiger partial charge >= 0.3 is 0 Å². The number of halogens is 1. The van der Waals surface area contributed by atoms with Crippen molar-refractivity contribution in [3.8, 4) is 11.8 Å². The van der Waals surface area contributed by atoms with Crippen LogP contribution in [0.5, 0.6) is 5.75 Å². The van der Waals surface area contributed by atoms with Gasteiger partial charge in [0.05, 0.1) is 7.11 Å². The van der Waals surface area contributed by atoms with Crippen molar-refractivity contribution in [3.63, 3.8) is 0 Å². The molecule has 0 aliphatic rings. The Labute approximate surface area is 81.5 Å². The van der Waals surface area contributed by atoms with Gasteiger partial charge in [0.15, 0.2) is 17.3 Å². The summed E-state index contributed by atoms with van der Waals surface area (Å²) in [4.78, 5) is 3.76. The van der Waals surface area contributed by atoms with Crippen LogP contribution in [0.1, 0.15) is 18.2 Å². The van der Waals surface area contributed by atoms with Crippen molar-refractivity contribution in [1.29, 1.82) is 5.26 Å². The smallest absolute Gasteiger partial charge is 0.191 e. The lowest BCUT2D eigenvalue weighted by Gasteiger charge is -2.07. The Morgan fingerprint density at radius 3 is 2.79 bits per heavy atom. The molecule has 0 saturated heterocycles. The molecule has 0 bridgehead atoms. The maximum atomic E-state index is 13.6. The summed E-state index contributed by atoms with van der Waals surface area (Å²) in [6.07, 6.45) is 1.28. The highest BCUT2D eigenvalue weighted by atomic mass is 19.1. The molecule has 0 radical (unpaired) electrons. The lowest BCUT2D eigenvalue weighted by Crippen LogP contribution is -1.99. The summed E-state index contributed by atoms with van der Waals surface area (Å²) < 4.78 is 18.4. The summed E-state index contributed by atoms with van der Waals surface area (Å²) in [5.74, 6) is -0.723. The van der Waals surface area contributed by atoms with E-state index in [1.54, 1.807) is 13.0 Å². The molecule has 1 aromatic rings. The van der Waals surface area contributed by atoms with Crippen molar-refractivity contribution in [1.82, 2.24) is 4.98 Å². The second-order valence-electron chi connectivity index (χ2n) is 2.76. The number of nitriles is 1. The Balaban J connectivity index is 3.44. The molecule has 0 amide bonds. The summed E-state index contributed by atoms with van der Waals surface area (Å²) in [7, 11) is 1.29. The summed E-state index contributed by atoms with van der Waals surface area (Å²) in [6, 6.07) is 1.75. The van der Waals surface area contributed by atoms with Crippen molar-refractivity contribution in [2.75, 3.05) is 7.11 Å². The van der Waals surface area contributed by atoms with E-state index in [1.807, 2.05) is 0 Å². The Bertz CT molecular complexity index is 421. The van der Waals surface area contributed by atoms with Crippen molar-refractivity contribution in [2.24, 2.45) is 0 Å². The van der Waals surface area contributed by atoms with E-state index < -0.39 is 5.82 Å². The first kappa shape index (κ1) is 10.2. The zero-order valence-corrected chi connectivity index (χ0v) is 7.97. The molecule has 1 heterocycles. The van der Waals surface area contributed by atoms with Gasteiger partial charge in [-0.05, 0) is 12.5 Å². The summed E-state index contributed by atoms with van der Waals surface area (Å²) in [5, 5.41) is 8.62. The van der Waals surface area contributed by atoms with Crippen molar-refractivity contribution >= 4 is 5.57 Å². The molecule has 0 spiro atoms. The van der Waals surface area contributed by atoms with Crippen LogP contribution in [0.4, 0.5) is 4.39 Å². The molecule has 0 saturated carbocycles. The van der Waals surface area contributed by atoms with E-state index in [0.717, 1.165) is 0 Å². The molecule has 0 unspecified atom stereocenters. The molecule has 0 atom stereocenters. The first-order valence-electron chi connectivity index (χ1n) is 3.90. The van der Waals surface area contributed by atoms with E-state index >= 15 is 0 Å². The van der Waals surface area contributed by atoms with E-state index in [4.69, 9.17) is 10.00 Å². The topological polar surface area (TPSA) is 45.9 Å². The van der Waals surface area contributed by atoms with Gasteiger partial charge < -0.3 is 4.74 Å². The third-order valence-electron chi connectivity index (χ3n) is 1.74. The van der Waals surface area contributed by atoms with Crippen LogP contribution in [0.3, 0.4) is 0 Å². The number of methoxy groups -OCH3 is 1. The maximum absolute atomic E-state index is 13.6. The van der Waals surface area contributed by atoms with Crippen LogP contribution < -0.4 is 4.74 Å². The van der Waals surface area contributed by atoms with Crippen molar-refractivity contribution in [2.45, 2.75) is 6.92 Å². The third kappa shape index (κ3) is 1.57. The Kier molecular flexibility index (Phi) is 2.82. The van der Waals surface area contributed by atoms with Crippen molar-refractivity contribution in [3.05, 3.63) is 29.9 Å². The molecule has 0 fully saturated rings. The highest BCUT2D eigenvalue weighted by molar-refractivity contribution is 5.63. The van der Waals surface area contributed by atoms with Gasteiger partial charge in [-0.3, -0.25) is 0 Å². The van der Waals surface area contributed by atoms with E-state index in [-0.39, 0.29) is 17.0 Å². The molecule has 1 rings (SSSR count). The Hall–Kier alpha value is -1.89. The predicted molar refractivity (Wildman–Crippen MR) is 50.2 cm³/mol. The molecule has 3 nitrogen and oxygen atoms in total. The average molecular weight is 192 g/mol. The first-order chi connectivity index (χ1) is 6.61. The maximum Gasteiger partial charge on any atom is 0.191 e. The van der Waals surface area contributed by atoms with Gasteiger partial charge in [0, 0.05) is 11.8 Å². The third-order valence-corrected chi connectivity index (χ3v) is 1.74. The minimum Gasteiger partial charge on any atom is -0.491 e. The van der Waals surface area contributed by atoms with Crippen molar-refractivity contribution < 1.29 is 9.13 Å². The number of nitrogens with zero attached hydrogens (tertiary/aromatic N) is 2. The second-order valence-corrected chi connectivity index (χ2v) is 2.76. The van der Waals surface area contributed by atoms with Crippen LogP contribution in [-0.4, -0.2) is 12.1 Å². The minimum atomic E-state index is -0.591. The average Bonchev–Trinajstić information content (AvgIpc) is 2.16. The Morgan fingerprint density at radius 1 is 1.71 bits per heavy atom. The fourth-order valence-corrected chi connectivity index (χ4v) is 1.03. The van der Waals surface area contributed by atoms with E-state index in [1.165, 1.54) is 13.3 Å². The molecule has 0 aliphatic carbocycles. The number of pyridine rings is 1. The fraction of sp³-hybridized carbons (Fsp3) is 0.200. The molecule has 0 aromatic carbocycles. The quantitative estimate of drug-likeness (QED) is 0.721. The SMILES string of the molecule is C=C(C)c1cnc(C#N)c(OC)c1F. The van der Waals surface area contributed by atoms with Gasteiger partial charge in [0.1, 0.15) is 6.07 Å². The van der Waals surface area contributed by atoms with E-state index in [9.17, 15) is 4.39 Å². The van der Waals surface area contributed by atoms with Gasteiger partial charge in [0.25, 0.3) is 0 Å². The van der Waals surface area contributed by atoms with Gasteiger partial charge in [0.2, 0.25) is 0 Å². The van der Waals surface area contributed by atoms with Gasteiger partial charge in [-0.15, -0.1) is 0 Å². The molecule has 14 heavy (non-hydrogen) atoms. The summed E-state index contributed by atoms with van der Waals surface area (Å²) in [6.45, 7) is 5.26. The second kappa shape index (κ2) is 3.88. The van der Waals surface area contributed by atoms with Gasteiger partial charge in [-0.1, -0.05) is 6.58 Å². The molecule has 1 aromatic heterocycles. The summed E-state index contributed by atoms with van der Waals surface area (Å²) >= 11 is 0. The monoisotopic (exact) mass is 192 g/mol. The number of hydrogen-bond acceptors (Lipinski definition) is 3. The molecule has 0 aliphatic heterocycles. The highest BCUT2D eigenvalue weighted by Gasteiger charge is 2.15. The van der Waals surface area contributed by atoms with Crippen LogP contribution in [0.25, 0.3) is 5.57 Å². The largest absolute Gasteiger partial charge is 0.491 e. The molecule has 4 heteroatoms. The lowest BCUT2D eigenvalue weighted by molar-refractivity contribution is 0.382. The van der Waals surface area contributed by atoms with E-state index in [2.05, 4.69) is 11.6 Å². The number of hydrogen-bond donors (Lipinski definition) is 0. The van der Waals surface area contributed by atoms with Crippen LogP contribution >= 0.6 is 0 Å². The zero-order valence-electron chi connectivity index (χ0n) is 7.97. The predicted octanol–water partition coefficient (Wildman–Crippen LogP) is 2.13. The van der Waals surface area contributed by atoms with Gasteiger partial charge in [-0.2, -0.15) is 5.26 Å². The molecule has 72 valence electrons. The fourth-order valence-electron chi connectivity index (χ4n) is 1.03. The number of ether oxygens (including phenoxy) is 1. The zero-order chi connectivity index (χ0) is 10.7. The molecular formula is C10H9FN2O. The Morgan fingerprint density at radius 2 is 2.36 bits per heavy atom. The van der Waals surface area contributed by atoms with Crippen LogP contribution in [-0.2, 0) is 0 Å². The molecule has 0 N–H and O–H groups in total. The number of rotatable bonds is 2. The molecular weight excluding hydrogens is 183 g/mol. The van der Waals surface area contributed by atoms with Crippen LogP contribution in [0, 0.1) is 17.1 Å². The van der Waals surface area contributed by atoms with Crippen LogP contribution in [0.2, 0.25) is 0 Å². The first-order valence-corrected chi connectivity index (χ1v) is 3.90. The number of aromatic nitrogens is 1. The normalized spacial score (nSPS) is 9.29. The van der Waals surface area contributed by atoms with E-state index in [0.29, 0.717) is 5.57 Å².